The van der Waals surface area contributed by atoms with Crippen molar-refractivity contribution in [2.45, 2.75) is 45.8 Å². The molecule has 0 saturated heterocycles. The van der Waals surface area contributed by atoms with Gasteiger partial charge in [-0.3, -0.25) is 9.59 Å². The largest absolute Gasteiger partial charge is 0.391 e. The first-order valence-corrected chi connectivity index (χ1v) is 5.20. The van der Waals surface area contributed by atoms with Crippen LogP contribution in [0, 0.1) is 0 Å². The van der Waals surface area contributed by atoms with Crippen molar-refractivity contribution in [2.24, 2.45) is 0 Å². The molecule has 0 aliphatic heterocycles. The number of hydrogen-bond donors (Lipinski definition) is 3. The fraction of sp³-hybridized carbons (Fsp3) is 0.800. The fourth-order valence-corrected chi connectivity index (χ4v) is 1.18. The second-order valence-electron chi connectivity index (χ2n) is 3.61. The van der Waals surface area contributed by atoms with Crippen LogP contribution in [0.3, 0.4) is 0 Å². The summed E-state index contributed by atoms with van der Waals surface area (Å²) in [7, 11) is 0. The molecule has 0 fully saturated rings. The number of rotatable bonds is 6. The van der Waals surface area contributed by atoms with Gasteiger partial charge in [-0.05, 0) is 13.3 Å². The lowest BCUT2D eigenvalue weighted by Crippen LogP contribution is -2.45. The zero-order valence-corrected chi connectivity index (χ0v) is 9.54. The van der Waals surface area contributed by atoms with E-state index in [1.165, 1.54) is 6.92 Å². The predicted molar refractivity (Wildman–Crippen MR) is 57.2 cm³/mol. The van der Waals surface area contributed by atoms with Gasteiger partial charge in [0.2, 0.25) is 11.8 Å². The molecule has 15 heavy (non-hydrogen) atoms. The van der Waals surface area contributed by atoms with Crippen LogP contribution in [0.5, 0.6) is 0 Å². The molecule has 0 aromatic heterocycles. The number of carbonyl (C=O) groups is 2. The average molecular weight is 216 g/mol. The summed E-state index contributed by atoms with van der Waals surface area (Å²) in [6.45, 7) is 5.15. The van der Waals surface area contributed by atoms with Crippen molar-refractivity contribution in [3.05, 3.63) is 0 Å². The van der Waals surface area contributed by atoms with Gasteiger partial charge in [-0.15, -0.1) is 0 Å². The number of aliphatic hydroxyl groups is 1. The third-order valence-corrected chi connectivity index (χ3v) is 1.95. The van der Waals surface area contributed by atoms with Crippen molar-refractivity contribution in [1.82, 2.24) is 10.6 Å². The van der Waals surface area contributed by atoms with Gasteiger partial charge in [0.25, 0.3) is 0 Å². The van der Waals surface area contributed by atoms with Crippen molar-refractivity contribution in [1.29, 1.82) is 0 Å². The van der Waals surface area contributed by atoms with Crippen LogP contribution in [-0.2, 0) is 9.59 Å². The van der Waals surface area contributed by atoms with Gasteiger partial charge in [0.1, 0.15) is 6.04 Å². The van der Waals surface area contributed by atoms with E-state index in [0.29, 0.717) is 6.42 Å². The van der Waals surface area contributed by atoms with Gasteiger partial charge in [-0.1, -0.05) is 13.3 Å². The van der Waals surface area contributed by atoms with Crippen LogP contribution in [0.2, 0.25) is 0 Å². The molecule has 0 heterocycles. The molecule has 5 nitrogen and oxygen atoms in total. The minimum atomic E-state index is -0.559. The van der Waals surface area contributed by atoms with Gasteiger partial charge in [0, 0.05) is 13.5 Å². The first kappa shape index (κ1) is 13.9. The fourth-order valence-electron chi connectivity index (χ4n) is 1.18. The van der Waals surface area contributed by atoms with E-state index in [1.807, 2.05) is 6.92 Å². The normalized spacial score (nSPS) is 14.1. The molecule has 2 atom stereocenters. The van der Waals surface area contributed by atoms with Crippen LogP contribution in [-0.4, -0.2) is 35.6 Å². The van der Waals surface area contributed by atoms with E-state index in [2.05, 4.69) is 10.6 Å². The van der Waals surface area contributed by atoms with E-state index in [0.717, 1.165) is 6.42 Å². The van der Waals surface area contributed by atoms with E-state index in [1.54, 1.807) is 6.92 Å². The highest BCUT2D eigenvalue weighted by Gasteiger charge is 2.14. The number of nitrogens with one attached hydrogen (secondary N) is 2. The van der Waals surface area contributed by atoms with Gasteiger partial charge >= 0.3 is 0 Å². The van der Waals surface area contributed by atoms with Crippen LogP contribution in [0.25, 0.3) is 0 Å². The lowest BCUT2D eigenvalue weighted by Gasteiger charge is -2.15. The van der Waals surface area contributed by atoms with Gasteiger partial charge in [0.05, 0.1) is 6.10 Å². The zero-order valence-electron chi connectivity index (χ0n) is 9.54. The molecule has 0 saturated carbocycles. The lowest BCUT2D eigenvalue weighted by atomic mass is 10.2. The topological polar surface area (TPSA) is 78.4 Å². The molecule has 0 aliphatic rings. The van der Waals surface area contributed by atoms with Crippen molar-refractivity contribution in [3.8, 4) is 0 Å². The Kier molecular flexibility index (Phi) is 6.70. The Morgan fingerprint density at radius 2 is 2.00 bits per heavy atom. The summed E-state index contributed by atoms with van der Waals surface area (Å²) in [5.41, 5.74) is 0. The Bertz CT molecular complexity index is 219. The third kappa shape index (κ3) is 6.90. The molecule has 0 aromatic rings. The number of hydrogen-bond acceptors (Lipinski definition) is 3. The van der Waals surface area contributed by atoms with Gasteiger partial charge in [-0.2, -0.15) is 0 Å². The highest BCUT2D eigenvalue weighted by molar-refractivity contribution is 5.86. The molecule has 3 N–H and O–H groups in total. The first-order chi connectivity index (χ1) is 6.97. The minimum Gasteiger partial charge on any atom is -0.391 e. The minimum absolute atomic E-state index is 0.233. The predicted octanol–water partition coefficient (Wildman–Crippen LogP) is -0.212. The van der Waals surface area contributed by atoms with E-state index < -0.39 is 12.1 Å². The molecule has 0 aromatic carbocycles. The molecule has 0 radical (unpaired) electrons. The maximum atomic E-state index is 11.4. The summed E-state index contributed by atoms with van der Waals surface area (Å²) in [4.78, 5) is 22.0. The van der Waals surface area contributed by atoms with Crippen LogP contribution in [0.15, 0.2) is 0 Å². The smallest absolute Gasteiger partial charge is 0.242 e. The monoisotopic (exact) mass is 216 g/mol. The molecular formula is C10H20N2O3. The number of amides is 2. The van der Waals surface area contributed by atoms with Crippen molar-refractivity contribution in [2.75, 3.05) is 6.54 Å². The third-order valence-electron chi connectivity index (χ3n) is 1.95. The molecule has 0 aliphatic carbocycles. The molecule has 0 bridgehead atoms. The van der Waals surface area contributed by atoms with Crippen LogP contribution in [0.4, 0.5) is 0 Å². The summed E-state index contributed by atoms with van der Waals surface area (Å²) in [5.74, 6) is -0.521. The van der Waals surface area contributed by atoms with E-state index in [9.17, 15) is 14.7 Å². The molecule has 88 valence electrons. The second-order valence-corrected chi connectivity index (χ2v) is 3.61. The Morgan fingerprint density at radius 1 is 1.40 bits per heavy atom. The highest BCUT2D eigenvalue weighted by atomic mass is 16.3. The maximum absolute atomic E-state index is 11.4. The highest BCUT2D eigenvalue weighted by Crippen LogP contribution is 1.94. The molecule has 0 rings (SSSR count). The summed E-state index contributed by atoms with van der Waals surface area (Å²) >= 11 is 0. The van der Waals surface area contributed by atoms with Gasteiger partial charge in [-0.25, -0.2) is 0 Å². The van der Waals surface area contributed by atoms with Crippen molar-refractivity contribution < 1.29 is 14.7 Å². The van der Waals surface area contributed by atoms with Crippen LogP contribution in [0.1, 0.15) is 33.6 Å². The molecule has 0 spiro atoms. The molecule has 2 unspecified atom stereocenters. The van der Waals surface area contributed by atoms with E-state index >= 15 is 0 Å². The second kappa shape index (κ2) is 7.23. The quantitative estimate of drug-likeness (QED) is 0.575. The summed E-state index contributed by atoms with van der Waals surface area (Å²) in [5, 5.41) is 14.4. The van der Waals surface area contributed by atoms with Gasteiger partial charge in [0.15, 0.2) is 0 Å². The van der Waals surface area contributed by atoms with Gasteiger partial charge < -0.3 is 15.7 Å². The van der Waals surface area contributed by atoms with Crippen molar-refractivity contribution in [3.63, 3.8) is 0 Å². The Labute approximate surface area is 90.2 Å². The van der Waals surface area contributed by atoms with Crippen molar-refractivity contribution >= 4 is 11.8 Å². The number of carbonyl (C=O) groups excluding carboxylic acids is 2. The molecule has 5 heteroatoms. The standard InChI is InChI=1S/C10H20N2O3/c1-4-5-9(14)6-11-10(15)7(2)12-8(3)13/h7,9,14H,4-6H2,1-3H3,(H,11,15)(H,12,13). The summed E-state index contributed by atoms with van der Waals surface area (Å²) in [6, 6.07) is -0.559. The Morgan fingerprint density at radius 3 is 2.47 bits per heavy atom. The van der Waals surface area contributed by atoms with Crippen LogP contribution >= 0.6 is 0 Å². The zero-order chi connectivity index (χ0) is 11.8. The Hall–Kier alpha value is -1.10. The van der Waals surface area contributed by atoms with E-state index in [-0.39, 0.29) is 18.4 Å². The summed E-state index contributed by atoms with van der Waals surface area (Å²) < 4.78 is 0. The average Bonchev–Trinajstić information content (AvgIpc) is 2.13. The first-order valence-electron chi connectivity index (χ1n) is 5.20. The van der Waals surface area contributed by atoms with Crippen LogP contribution < -0.4 is 10.6 Å². The number of aliphatic hydroxyl groups excluding tert-OH is 1. The summed E-state index contributed by atoms with van der Waals surface area (Å²) in [6.07, 6.45) is 1.02. The maximum Gasteiger partial charge on any atom is 0.242 e. The SMILES string of the molecule is CCCC(O)CNC(=O)C(C)NC(C)=O. The molecule has 2 amide bonds. The lowest BCUT2D eigenvalue weighted by molar-refractivity contribution is -0.127. The Balaban J connectivity index is 3.77. The van der Waals surface area contributed by atoms with E-state index in [4.69, 9.17) is 0 Å². The molecular weight excluding hydrogens is 196 g/mol.